The van der Waals surface area contributed by atoms with Gasteiger partial charge in [0.25, 0.3) is 5.91 Å². The number of thioether (sulfide) groups is 1. The first kappa shape index (κ1) is 21.9. The van der Waals surface area contributed by atoms with E-state index in [0.29, 0.717) is 24.6 Å². The van der Waals surface area contributed by atoms with E-state index in [2.05, 4.69) is 5.32 Å². The van der Waals surface area contributed by atoms with Gasteiger partial charge in [0.15, 0.2) is 0 Å². The molecule has 0 saturated carbocycles. The molecule has 0 unspecified atom stereocenters. The Balaban J connectivity index is 1.87. The SMILES string of the molecule is O=C(Nc1cccc(C(F)(F)F)c1)c1cc(S(=O)(=O)N2CCSCC2)ccc1Cl. The average molecular weight is 465 g/mol. The number of sulfonamides is 1. The van der Waals surface area contributed by atoms with Gasteiger partial charge in [0, 0.05) is 30.3 Å². The highest BCUT2D eigenvalue weighted by Gasteiger charge is 2.31. The summed E-state index contributed by atoms with van der Waals surface area (Å²) in [5, 5.41) is 2.32. The summed E-state index contributed by atoms with van der Waals surface area (Å²) in [5.74, 6) is 0.548. The van der Waals surface area contributed by atoms with Gasteiger partial charge >= 0.3 is 6.18 Å². The smallest absolute Gasteiger partial charge is 0.322 e. The van der Waals surface area contributed by atoms with E-state index in [1.54, 1.807) is 11.8 Å². The van der Waals surface area contributed by atoms with Crippen molar-refractivity contribution in [2.75, 3.05) is 29.9 Å². The molecule has 0 atom stereocenters. The van der Waals surface area contributed by atoms with E-state index in [1.807, 2.05) is 0 Å². The van der Waals surface area contributed by atoms with Gasteiger partial charge in [-0.1, -0.05) is 17.7 Å². The van der Waals surface area contributed by atoms with Gasteiger partial charge in [-0.25, -0.2) is 8.42 Å². The Morgan fingerprint density at radius 2 is 1.79 bits per heavy atom. The molecule has 0 aliphatic carbocycles. The van der Waals surface area contributed by atoms with Crippen LogP contribution in [0.3, 0.4) is 0 Å². The standard InChI is InChI=1S/C18H16ClF3N2O3S2/c19-16-5-4-14(29(26,27)24-6-8-28-9-7-24)11-15(16)17(25)23-13-3-1-2-12(10-13)18(20,21)22/h1-5,10-11H,6-9H2,(H,23,25). The number of nitrogens with one attached hydrogen (secondary N) is 1. The Kier molecular flexibility index (Phi) is 6.47. The maximum Gasteiger partial charge on any atom is 0.416 e. The van der Waals surface area contributed by atoms with E-state index < -0.39 is 27.7 Å². The number of halogens is 4. The predicted octanol–water partition coefficient (Wildman–Crippen LogP) is 4.35. The van der Waals surface area contributed by atoms with Crippen LogP contribution >= 0.6 is 23.4 Å². The Hall–Kier alpha value is -1.75. The second kappa shape index (κ2) is 8.55. The lowest BCUT2D eigenvalue weighted by Crippen LogP contribution is -2.37. The molecule has 1 aliphatic rings. The predicted molar refractivity (Wildman–Crippen MR) is 107 cm³/mol. The number of hydrogen-bond acceptors (Lipinski definition) is 4. The summed E-state index contributed by atoms with van der Waals surface area (Å²) >= 11 is 7.70. The summed E-state index contributed by atoms with van der Waals surface area (Å²) < 4.78 is 65.5. The zero-order valence-electron chi connectivity index (χ0n) is 14.9. The molecule has 11 heteroatoms. The van der Waals surface area contributed by atoms with Crippen molar-refractivity contribution >= 4 is 45.0 Å². The summed E-state index contributed by atoms with van der Waals surface area (Å²) in [5.41, 5.74) is -1.14. The number of benzene rings is 2. The number of alkyl halides is 3. The summed E-state index contributed by atoms with van der Waals surface area (Å²) in [6, 6.07) is 7.86. The lowest BCUT2D eigenvalue weighted by molar-refractivity contribution is -0.137. The molecular weight excluding hydrogens is 449 g/mol. The van der Waals surface area contributed by atoms with Crippen molar-refractivity contribution in [2.45, 2.75) is 11.1 Å². The molecule has 5 nitrogen and oxygen atoms in total. The summed E-state index contributed by atoms with van der Waals surface area (Å²) in [6.45, 7) is 0.725. The molecule has 3 rings (SSSR count). The fourth-order valence-electron chi connectivity index (χ4n) is 2.75. The van der Waals surface area contributed by atoms with Crippen LogP contribution in [0, 0.1) is 0 Å². The van der Waals surface area contributed by atoms with Gasteiger partial charge in [-0.15, -0.1) is 0 Å². The van der Waals surface area contributed by atoms with Crippen molar-refractivity contribution < 1.29 is 26.4 Å². The highest BCUT2D eigenvalue weighted by atomic mass is 35.5. The van der Waals surface area contributed by atoms with Crippen LogP contribution < -0.4 is 5.32 Å². The van der Waals surface area contributed by atoms with Crippen LogP contribution in [0.25, 0.3) is 0 Å². The van der Waals surface area contributed by atoms with Gasteiger partial charge < -0.3 is 5.32 Å². The normalized spacial score (nSPS) is 15.9. The molecule has 1 saturated heterocycles. The number of rotatable bonds is 4. The third kappa shape index (κ3) is 5.06. The fourth-order valence-corrected chi connectivity index (χ4v) is 5.55. The molecule has 29 heavy (non-hydrogen) atoms. The van der Waals surface area contributed by atoms with E-state index in [-0.39, 0.29) is 21.2 Å². The van der Waals surface area contributed by atoms with Crippen LogP contribution in [0.15, 0.2) is 47.4 Å². The fraction of sp³-hybridized carbons (Fsp3) is 0.278. The van der Waals surface area contributed by atoms with Gasteiger partial charge in [0.2, 0.25) is 10.0 Å². The van der Waals surface area contributed by atoms with Gasteiger partial charge in [0.1, 0.15) is 0 Å². The van der Waals surface area contributed by atoms with E-state index in [9.17, 15) is 26.4 Å². The Labute approximate surface area is 175 Å². The van der Waals surface area contributed by atoms with Crippen molar-refractivity contribution in [1.82, 2.24) is 4.31 Å². The second-order valence-electron chi connectivity index (χ2n) is 6.19. The molecule has 0 spiro atoms. The van der Waals surface area contributed by atoms with Crippen molar-refractivity contribution in [1.29, 1.82) is 0 Å². The van der Waals surface area contributed by atoms with Gasteiger partial charge in [0.05, 0.1) is 21.0 Å². The Morgan fingerprint density at radius 1 is 1.10 bits per heavy atom. The van der Waals surface area contributed by atoms with E-state index in [4.69, 9.17) is 11.6 Å². The minimum absolute atomic E-state index is 0.0115. The van der Waals surface area contributed by atoms with E-state index >= 15 is 0 Å². The molecule has 2 aromatic carbocycles. The molecule has 1 heterocycles. The summed E-state index contributed by atoms with van der Waals surface area (Å²) in [7, 11) is -3.80. The zero-order valence-corrected chi connectivity index (χ0v) is 17.3. The molecule has 1 amide bonds. The van der Waals surface area contributed by atoms with Crippen molar-refractivity contribution in [3.63, 3.8) is 0 Å². The molecule has 0 aromatic heterocycles. The first-order valence-corrected chi connectivity index (χ1v) is 11.4. The average Bonchev–Trinajstić information content (AvgIpc) is 2.68. The minimum Gasteiger partial charge on any atom is -0.322 e. The zero-order chi connectivity index (χ0) is 21.2. The first-order chi connectivity index (χ1) is 13.6. The first-order valence-electron chi connectivity index (χ1n) is 8.45. The van der Waals surface area contributed by atoms with E-state index in [1.165, 1.54) is 22.5 Å². The third-order valence-corrected chi connectivity index (χ3v) is 7.40. The van der Waals surface area contributed by atoms with Crippen molar-refractivity contribution in [3.05, 3.63) is 58.6 Å². The maximum atomic E-state index is 12.8. The molecule has 156 valence electrons. The number of anilines is 1. The third-order valence-electron chi connectivity index (χ3n) is 4.24. The topological polar surface area (TPSA) is 66.5 Å². The number of hydrogen-bond donors (Lipinski definition) is 1. The van der Waals surface area contributed by atoms with Crippen LogP contribution in [0.5, 0.6) is 0 Å². The molecule has 0 radical (unpaired) electrons. The summed E-state index contributed by atoms with van der Waals surface area (Å²) in [4.78, 5) is 12.5. The lowest BCUT2D eigenvalue weighted by atomic mass is 10.1. The number of carbonyl (C=O) groups excluding carboxylic acids is 1. The minimum atomic E-state index is -4.56. The van der Waals surface area contributed by atoms with Crippen LogP contribution in [-0.4, -0.2) is 43.2 Å². The van der Waals surface area contributed by atoms with Crippen molar-refractivity contribution in [3.8, 4) is 0 Å². The van der Waals surface area contributed by atoms with E-state index in [0.717, 1.165) is 24.3 Å². The Bertz CT molecular complexity index is 1020. The van der Waals surface area contributed by atoms with Gasteiger partial charge in [-0.05, 0) is 36.4 Å². The van der Waals surface area contributed by atoms with Crippen LogP contribution in [0.1, 0.15) is 15.9 Å². The molecule has 0 bridgehead atoms. The van der Waals surface area contributed by atoms with Crippen LogP contribution in [0.4, 0.5) is 18.9 Å². The van der Waals surface area contributed by atoms with Gasteiger partial charge in [-0.2, -0.15) is 29.2 Å². The largest absolute Gasteiger partial charge is 0.416 e. The highest BCUT2D eigenvalue weighted by molar-refractivity contribution is 7.99. The summed E-state index contributed by atoms with van der Waals surface area (Å²) in [6.07, 6.45) is -4.56. The molecular formula is C18H16ClF3N2O3S2. The monoisotopic (exact) mass is 464 g/mol. The van der Waals surface area contributed by atoms with Crippen LogP contribution in [-0.2, 0) is 16.2 Å². The van der Waals surface area contributed by atoms with Gasteiger partial charge in [-0.3, -0.25) is 4.79 Å². The quantitative estimate of drug-likeness (QED) is 0.730. The number of nitrogens with zero attached hydrogens (tertiary/aromatic N) is 1. The lowest BCUT2D eigenvalue weighted by Gasteiger charge is -2.25. The molecule has 1 N–H and O–H groups in total. The molecule has 1 aliphatic heterocycles. The maximum absolute atomic E-state index is 12.8. The Morgan fingerprint density at radius 3 is 2.45 bits per heavy atom. The second-order valence-corrected chi connectivity index (χ2v) is 9.76. The van der Waals surface area contributed by atoms with Crippen LogP contribution in [0.2, 0.25) is 5.02 Å². The van der Waals surface area contributed by atoms with Crippen molar-refractivity contribution in [2.24, 2.45) is 0 Å². The number of carbonyl (C=O) groups is 1. The highest BCUT2D eigenvalue weighted by Crippen LogP contribution is 2.31. The molecule has 1 fully saturated rings. The number of amides is 1. The molecule has 2 aromatic rings.